The number of imide groups is 1. The predicted octanol–water partition coefficient (Wildman–Crippen LogP) is -0.510. The maximum Gasteiger partial charge on any atom is 0.273 e. The van der Waals surface area contributed by atoms with E-state index < -0.39 is 45.7 Å². The maximum absolute atomic E-state index is 15.2. The molecule has 2 aliphatic heterocycles. The van der Waals surface area contributed by atoms with Crippen LogP contribution in [0.4, 0.5) is 10.1 Å². The van der Waals surface area contributed by atoms with Gasteiger partial charge in [-0.15, -0.1) is 0 Å². The molecule has 2 aromatic rings. The van der Waals surface area contributed by atoms with E-state index in [1.807, 2.05) is 19.2 Å². The van der Waals surface area contributed by atoms with Gasteiger partial charge in [-0.2, -0.15) is 0 Å². The highest BCUT2D eigenvalue weighted by molar-refractivity contribution is 6.64. The molecule has 0 aromatic heterocycles. The molecule has 12 radical (unpaired) electrons. The molecule has 2 aliphatic rings. The van der Waals surface area contributed by atoms with Gasteiger partial charge >= 0.3 is 0 Å². The van der Waals surface area contributed by atoms with Crippen LogP contribution < -0.4 is 10.6 Å². The minimum atomic E-state index is -2.84. The summed E-state index contributed by atoms with van der Waals surface area (Å²) in [5.74, 6) is -3.15. The average molecular weight is 585 g/mol. The normalized spacial score (nSPS) is 25.4. The summed E-state index contributed by atoms with van der Waals surface area (Å²) in [6, 6.07) is 9.00. The smallest absolute Gasteiger partial charge is 0.273 e. The molecule has 0 spiro atoms. The average Bonchev–Trinajstić information content (AvgIpc) is 2.92. The topological polar surface area (TPSA) is 111 Å². The fourth-order valence-electron chi connectivity index (χ4n) is 5.76. The molecular weight excluding hydrogens is 556 g/mol. The highest BCUT2D eigenvalue weighted by atomic mass is 19.1. The quantitative estimate of drug-likeness (QED) is 0.156. The summed E-state index contributed by atoms with van der Waals surface area (Å²) < 4.78 is 21.0. The van der Waals surface area contributed by atoms with Gasteiger partial charge in [0.2, 0.25) is 5.91 Å². The lowest BCUT2D eigenvalue weighted by Gasteiger charge is -2.58. The third-order valence-electron chi connectivity index (χ3n) is 8.19. The summed E-state index contributed by atoms with van der Waals surface area (Å²) in [7, 11) is 37.9. The van der Waals surface area contributed by atoms with Crippen LogP contribution in [-0.4, -0.2) is 118 Å². The molecule has 3 unspecified atom stereocenters. The number of aldehydes is 1. The monoisotopic (exact) mass is 586 g/mol. The second-order valence-corrected chi connectivity index (χ2v) is 11.8. The van der Waals surface area contributed by atoms with Gasteiger partial charge in [0.15, 0.2) is 5.72 Å². The molecule has 216 valence electrons. The highest BCUT2D eigenvalue weighted by Gasteiger charge is 2.63. The Hall–Kier alpha value is -2.79. The van der Waals surface area contributed by atoms with Crippen LogP contribution in [0.15, 0.2) is 36.4 Å². The molecule has 2 fully saturated rings. The molecule has 2 heterocycles. The van der Waals surface area contributed by atoms with Crippen molar-refractivity contribution in [2.45, 2.75) is 60.6 Å². The van der Waals surface area contributed by atoms with E-state index in [-0.39, 0.29) is 34.6 Å². The van der Waals surface area contributed by atoms with Crippen molar-refractivity contribution in [1.29, 1.82) is 0 Å². The van der Waals surface area contributed by atoms with Crippen LogP contribution in [0.25, 0.3) is 0 Å². The van der Waals surface area contributed by atoms with Crippen LogP contribution >= 0.6 is 0 Å². The molecule has 2 aromatic carbocycles. The van der Waals surface area contributed by atoms with Crippen LogP contribution in [-0.2, 0) is 32.8 Å². The number of hydrogen-bond donors (Lipinski definition) is 3. The summed E-state index contributed by atoms with van der Waals surface area (Å²) >= 11 is 0. The largest absolute Gasteiger partial charge is 0.392 e. The number of aliphatic hydroxyl groups is 1. The van der Waals surface area contributed by atoms with Crippen molar-refractivity contribution in [3.8, 4) is 0 Å². The van der Waals surface area contributed by atoms with Crippen LogP contribution in [0, 0.1) is 5.82 Å². The van der Waals surface area contributed by atoms with Crippen LogP contribution in [0.5, 0.6) is 0 Å². The Morgan fingerprint density at radius 1 is 1.14 bits per heavy atom. The number of rotatable bonds is 9. The minimum Gasteiger partial charge on any atom is -0.392 e. The van der Waals surface area contributed by atoms with Crippen LogP contribution in [0.2, 0.25) is 10.4 Å². The van der Waals surface area contributed by atoms with Crippen molar-refractivity contribution in [2.24, 2.45) is 0 Å². The molecule has 2 amide bonds. The molecule has 0 saturated carbocycles. The number of hydrogen-bond acceptors (Lipinski definition) is 8. The Labute approximate surface area is 264 Å². The predicted molar refractivity (Wildman–Crippen MR) is 168 cm³/mol. The van der Waals surface area contributed by atoms with Crippen LogP contribution in [0.3, 0.4) is 0 Å². The lowest BCUT2D eigenvalue weighted by Crippen LogP contribution is -2.74. The van der Waals surface area contributed by atoms with Gasteiger partial charge in [0.25, 0.3) is 5.91 Å². The number of carbonyl (C=O) groups is 3. The number of carbonyl (C=O) groups excluding carboxylic acids is 3. The highest BCUT2D eigenvalue weighted by Crippen LogP contribution is 2.54. The summed E-state index contributed by atoms with van der Waals surface area (Å²) in [6.07, 6.45) is 0.605. The first-order valence-corrected chi connectivity index (χ1v) is 13.9. The second-order valence-electron chi connectivity index (χ2n) is 11.8. The van der Waals surface area contributed by atoms with Crippen molar-refractivity contribution < 1.29 is 28.6 Å². The van der Waals surface area contributed by atoms with Gasteiger partial charge in [0, 0.05) is 37.4 Å². The molecular formula is C28H29B6FN4O5. The molecule has 9 nitrogen and oxygen atoms in total. The number of benzene rings is 2. The van der Waals surface area contributed by atoms with Gasteiger partial charge < -0.3 is 15.2 Å². The fourth-order valence-corrected chi connectivity index (χ4v) is 5.76. The van der Waals surface area contributed by atoms with Gasteiger partial charge in [-0.05, 0) is 60.3 Å². The SMILES string of the molecule is [B]C([B])(Nc1cccc(C=O)c1CN(C)C1(O)C(=O)NC(=O)C([B])([B])C1([B])[B])c1cc(CN2CC(C)OC(C)C2)ccc1F. The Kier molecular flexibility index (Phi) is 9.45. The van der Waals surface area contributed by atoms with Gasteiger partial charge in [-0.3, -0.25) is 29.5 Å². The summed E-state index contributed by atoms with van der Waals surface area (Å²) in [5.41, 5.74) is -1.69. The van der Waals surface area contributed by atoms with E-state index >= 15 is 4.39 Å². The summed E-state index contributed by atoms with van der Waals surface area (Å²) in [6.45, 7) is 5.47. The number of halogens is 1. The second kappa shape index (κ2) is 12.2. The van der Waals surface area contributed by atoms with E-state index in [0.29, 0.717) is 25.9 Å². The van der Waals surface area contributed by atoms with E-state index in [1.54, 1.807) is 12.1 Å². The number of piperidine rings is 1. The van der Waals surface area contributed by atoms with Gasteiger partial charge in [0.1, 0.15) is 12.1 Å². The van der Waals surface area contributed by atoms with E-state index in [2.05, 4.69) is 10.2 Å². The zero-order valence-electron chi connectivity index (χ0n) is 24.8. The third-order valence-corrected chi connectivity index (χ3v) is 8.19. The number of likely N-dealkylation sites (N-methyl/N-ethyl adjacent to an activating group) is 1. The Morgan fingerprint density at radius 3 is 2.39 bits per heavy atom. The van der Waals surface area contributed by atoms with Gasteiger partial charge in [0.05, 0.1) is 59.3 Å². The zero-order valence-corrected chi connectivity index (χ0v) is 24.8. The molecule has 44 heavy (non-hydrogen) atoms. The Balaban J connectivity index is 1.66. The maximum atomic E-state index is 15.2. The van der Waals surface area contributed by atoms with E-state index in [0.717, 1.165) is 10.5 Å². The Bertz CT molecular complexity index is 1450. The van der Waals surface area contributed by atoms with E-state index in [9.17, 15) is 19.5 Å². The molecule has 2 saturated heterocycles. The lowest BCUT2D eigenvalue weighted by atomic mass is 9.25. The van der Waals surface area contributed by atoms with E-state index in [1.165, 1.54) is 31.3 Å². The first-order chi connectivity index (χ1) is 20.3. The summed E-state index contributed by atoms with van der Waals surface area (Å²) in [4.78, 5) is 40.4. The number of nitrogens with zero attached hydrogens (tertiary/aromatic N) is 2. The number of morpholine rings is 1. The minimum absolute atomic E-state index is 0.0400. The Morgan fingerprint density at radius 2 is 1.77 bits per heavy atom. The van der Waals surface area contributed by atoms with E-state index in [4.69, 9.17) is 51.8 Å². The molecule has 3 N–H and O–H groups in total. The van der Waals surface area contributed by atoms with Crippen molar-refractivity contribution in [3.05, 3.63) is 64.5 Å². The van der Waals surface area contributed by atoms with Gasteiger partial charge in [-0.1, -0.05) is 29.5 Å². The number of amides is 2. The number of nitrogens with one attached hydrogen (secondary N) is 2. The fraction of sp³-hybridized carbons (Fsp3) is 0.464. The zero-order chi connectivity index (χ0) is 32.8. The standard InChI is InChI=1S/C28H29B6FN4O5/c1-15-10-39(11-16(2)44-15)12-17-7-8-21(35)20(9-17)27(31,32)37-22-6-4-5-18(14-40)19(22)13-38(3)26(43)24(42)36-23(41)25(29,30)28(26,33)34/h4-9,14-16,37,43H,10-13H2,1-3H3,(H,36,41,42). The number of ether oxygens (including phenoxy) is 1. The van der Waals surface area contributed by atoms with Gasteiger partial charge in [-0.25, -0.2) is 4.39 Å². The molecule has 3 atom stereocenters. The van der Waals surface area contributed by atoms with Crippen molar-refractivity contribution in [1.82, 2.24) is 15.1 Å². The lowest BCUT2D eigenvalue weighted by molar-refractivity contribution is -0.176. The van der Waals surface area contributed by atoms with Crippen molar-refractivity contribution in [3.63, 3.8) is 0 Å². The first kappa shape index (κ1) is 34.1. The van der Waals surface area contributed by atoms with Crippen molar-refractivity contribution in [2.75, 3.05) is 25.5 Å². The molecule has 0 aliphatic carbocycles. The number of anilines is 1. The molecule has 16 heteroatoms. The van der Waals surface area contributed by atoms with Crippen molar-refractivity contribution >= 4 is 70.9 Å². The molecule has 4 rings (SSSR count). The third kappa shape index (κ3) is 6.06. The molecule has 0 bridgehead atoms. The summed E-state index contributed by atoms with van der Waals surface area (Å²) in [5, 5.41) is 8.98. The van der Waals surface area contributed by atoms with Crippen LogP contribution in [0.1, 0.15) is 40.9 Å². The first-order valence-electron chi connectivity index (χ1n) is 13.9.